The molecular formula is C12H8BrClS. The van der Waals surface area contributed by atoms with E-state index in [4.69, 9.17) is 10.7 Å². The smallest absolute Gasteiger partial charge is 0.0233 e. The highest BCUT2D eigenvalue weighted by Crippen LogP contribution is 2.26. The number of hydrogen-bond donors (Lipinski definition) is 0. The fourth-order valence-corrected chi connectivity index (χ4v) is 2.15. The summed E-state index contributed by atoms with van der Waals surface area (Å²) < 4.78 is 1.10. The molecule has 2 aromatic carbocycles. The Balaban J connectivity index is 2.33. The van der Waals surface area contributed by atoms with Crippen LogP contribution < -0.4 is 0 Å². The van der Waals surface area contributed by atoms with Gasteiger partial charge in [0.05, 0.1) is 0 Å². The summed E-state index contributed by atoms with van der Waals surface area (Å²) in [6.45, 7) is 0. The van der Waals surface area contributed by atoms with Gasteiger partial charge in [-0.15, -0.1) is 0 Å². The van der Waals surface area contributed by atoms with E-state index in [1.807, 2.05) is 24.3 Å². The maximum atomic E-state index is 5.66. The van der Waals surface area contributed by atoms with Crippen molar-refractivity contribution >= 4 is 37.6 Å². The minimum absolute atomic E-state index is 1.07. The lowest BCUT2D eigenvalue weighted by molar-refractivity contribution is 1.47. The third kappa shape index (κ3) is 2.77. The SMILES string of the molecule is ClSc1ccc(-c2ccc(Br)cc2)cc1. The van der Waals surface area contributed by atoms with Gasteiger partial charge < -0.3 is 0 Å². The van der Waals surface area contributed by atoms with Crippen LogP contribution in [0.3, 0.4) is 0 Å². The van der Waals surface area contributed by atoms with Crippen molar-refractivity contribution in [2.24, 2.45) is 0 Å². The van der Waals surface area contributed by atoms with E-state index in [-0.39, 0.29) is 0 Å². The van der Waals surface area contributed by atoms with Crippen LogP contribution in [-0.2, 0) is 0 Å². The van der Waals surface area contributed by atoms with Crippen molar-refractivity contribution < 1.29 is 0 Å². The summed E-state index contributed by atoms with van der Waals surface area (Å²) in [6.07, 6.45) is 0. The number of benzene rings is 2. The van der Waals surface area contributed by atoms with Gasteiger partial charge in [-0.1, -0.05) is 40.2 Å². The molecule has 0 aliphatic carbocycles. The lowest BCUT2D eigenvalue weighted by atomic mass is 10.1. The van der Waals surface area contributed by atoms with Crippen LogP contribution in [0.5, 0.6) is 0 Å². The standard InChI is InChI=1S/C12H8BrClS/c13-11-5-1-9(2-6-11)10-3-7-12(15-14)8-4-10/h1-8H. The summed E-state index contributed by atoms with van der Waals surface area (Å²) in [5.74, 6) is 0. The molecular weight excluding hydrogens is 292 g/mol. The highest BCUT2D eigenvalue weighted by molar-refractivity contribution is 9.10. The second-order valence-corrected chi connectivity index (χ2v) is 5.11. The number of hydrogen-bond acceptors (Lipinski definition) is 1. The van der Waals surface area contributed by atoms with Crippen LogP contribution in [0.15, 0.2) is 57.9 Å². The monoisotopic (exact) mass is 298 g/mol. The number of halogens is 2. The Kier molecular flexibility index (Phi) is 3.73. The van der Waals surface area contributed by atoms with Gasteiger partial charge in [0.25, 0.3) is 0 Å². The van der Waals surface area contributed by atoms with Gasteiger partial charge in [-0.05, 0) is 57.1 Å². The minimum Gasteiger partial charge on any atom is -0.0533 e. The maximum Gasteiger partial charge on any atom is 0.0233 e. The average molecular weight is 300 g/mol. The molecule has 0 heterocycles. The molecule has 0 aliphatic heterocycles. The van der Waals surface area contributed by atoms with Crippen molar-refractivity contribution in [3.05, 3.63) is 53.0 Å². The van der Waals surface area contributed by atoms with Crippen molar-refractivity contribution in [3.63, 3.8) is 0 Å². The molecule has 0 saturated carbocycles. The molecule has 0 unspecified atom stereocenters. The molecule has 0 amide bonds. The Morgan fingerprint density at radius 3 is 1.73 bits per heavy atom. The second-order valence-electron chi connectivity index (χ2n) is 3.11. The Bertz CT molecular complexity index is 436. The first-order valence-electron chi connectivity index (χ1n) is 4.44. The average Bonchev–Trinajstić information content (AvgIpc) is 2.30. The van der Waals surface area contributed by atoms with Gasteiger partial charge in [0.2, 0.25) is 0 Å². The molecule has 2 aromatic rings. The van der Waals surface area contributed by atoms with E-state index in [0.29, 0.717) is 0 Å². The first kappa shape index (κ1) is 11.1. The van der Waals surface area contributed by atoms with E-state index >= 15 is 0 Å². The van der Waals surface area contributed by atoms with Gasteiger partial charge in [-0.25, -0.2) is 0 Å². The number of rotatable bonds is 2. The van der Waals surface area contributed by atoms with Gasteiger partial charge in [0.1, 0.15) is 0 Å². The van der Waals surface area contributed by atoms with E-state index in [0.717, 1.165) is 9.37 Å². The molecule has 15 heavy (non-hydrogen) atoms. The summed E-state index contributed by atoms with van der Waals surface area (Å²) in [5, 5.41) is 0. The van der Waals surface area contributed by atoms with Gasteiger partial charge in [-0.3, -0.25) is 0 Å². The van der Waals surface area contributed by atoms with Crippen molar-refractivity contribution in [2.75, 3.05) is 0 Å². The topological polar surface area (TPSA) is 0 Å². The molecule has 3 heteroatoms. The Labute approximate surface area is 106 Å². The van der Waals surface area contributed by atoms with E-state index in [9.17, 15) is 0 Å². The molecule has 76 valence electrons. The summed E-state index contributed by atoms with van der Waals surface area (Å²) in [7, 11) is 6.90. The molecule has 2 rings (SSSR count). The predicted octanol–water partition coefficient (Wildman–Crippen LogP) is 5.36. The fraction of sp³-hybridized carbons (Fsp3) is 0. The zero-order chi connectivity index (χ0) is 10.7. The third-order valence-corrected chi connectivity index (χ3v) is 3.63. The van der Waals surface area contributed by atoms with E-state index < -0.39 is 0 Å². The predicted molar refractivity (Wildman–Crippen MR) is 71.3 cm³/mol. The zero-order valence-corrected chi connectivity index (χ0v) is 10.9. The minimum atomic E-state index is 1.07. The first-order valence-corrected chi connectivity index (χ1v) is 6.88. The van der Waals surface area contributed by atoms with E-state index in [2.05, 4.69) is 40.2 Å². The fourth-order valence-electron chi connectivity index (χ4n) is 1.34. The van der Waals surface area contributed by atoms with Crippen molar-refractivity contribution in [1.82, 2.24) is 0 Å². The van der Waals surface area contributed by atoms with E-state index in [1.165, 1.54) is 22.1 Å². The molecule has 0 spiro atoms. The molecule has 0 atom stereocenters. The molecule has 0 nitrogen and oxygen atoms in total. The lowest BCUT2D eigenvalue weighted by Gasteiger charge is -2.02. The summed E-state index contributed by atoms with van der Waals surface area (Å²) >= 11 is 3.42. The van der Waals surface area contributed by atoms with Crippen LogP contribution in [0.1, 0.15) is 0 Å². The third-order valence-electron chi connectivity index (χ3n) is 2.12. The molecule has 0 bridgehead atoms. The molecule has 0 saturated heterocycles. The maximum absolute atomic E-state index is 5.66. The molecule has 0 fully saturated rings. The van der Waals surface area contributed by atoms with Gasteiger partial charge in [0, 0.05) is 9.37 Å². The summed E-state index contributed by atoms with van der Waals surface area (Å²) in [6, 6.07) is 16.5. The summed E-state index contributed by atoms with van der Waals surface area (Å²) in [5.41, 5.74) is 2.42. The highest BCUT2D eigenvalue weighted by atomic mass is 79.9. The lowest BCUT2D eigenvalue weighted by Crippen LogP contribution is -1.76. The zero-order valence-electron chi connectivity index (χ0n) is 7.78. The first-order chi connectivity index (χ1) is 7.29. The normalized spacial score (nSPS) is 10.3. The van der Waals surface area contributed by atoms with Gasteiger partial charge in [0.15, 0.2) is 0 Å². The molecule has 0 radical (unpaired) electrons. The van der Waals surface area contributed by atoms with Gasteiger partial charge >= 0.3 is 0 Å². The molecule has 0 aliphatic rings. The quantitative estimate of drug-likeness (QED) is 0.719. The Hall–Kier alpha value is -0.440. The molecule has 0 N–H and O–H groups in total. The second kappa shape index (κ2) is 5.06. The summed E-state index contributed by atoms with van der Waals surface area (Å²) in [4.78, 5) is 1.07. The van der Waals surface area contributed by atoms with Crippen LogP contribution in [-0.4, -0.2) is 0 Å². The Morgan fingerprint density at radius 2 is 1.27 bits per heavy atom. The van der Waals surface area contributed by atoms with Crippen LogP contribution in [0.2, 0.25) is 0 Å². The van der Waals surface area contributed by atoms with Crippen LogP contribution in [0, 0.1) is 0 Å². The van der Waals surface area contributed by atoms with Crippen molar-refractivity contribution in [3.8, 4) is 11.1 Å². The van der Waals surface area contributed by atoms with Crippen molar-refractivity contribution in [2.45, 2.75) is 4.90 Å². The van der Waals surface area contributed by atoms with Crippen molar-refractivity contribution in [1.29, 1.82) is 0 Å². The molecule has 0 aromatic heterocycles. The van der Waals surface area contributed by atoms with E-state index in [1.54, 1.807) is 0 Å². The van der Waals surface area contributed by atoms with Gasteiger partial charge in [-0.2, -0.15) is 0 Å². The Morgan fingerprint density at radius 1 is 0.800 bits per heavy atom. The van der Waals surface area contributed by atoms with Crippen LogP contribution >= 0.6 is 37.6 Å². The van der Waals surface area contributed by atoms with Crippen LogP contribution in [0.4, 0.5) is 0 Å². The largest absolute Gasteiger partial charge is 0.0533 e. The highest BCUT2D eigenvalue weighted by Gasteiger charge is 1.97. The van der Waals surface area contributed by atoms with Crippen LogP contribution in [0.25, 0.3) is 11.1 Å².